The van der Waals surface area contributed by atoms with Crippen LogP contribution in [0.1, 0.15) is 30.1 Å². The Morgan fingerprint density at radius 1 is 1.27 bits per heavy atom. The number of amides is 2. The summed E-state index contributed by atoms with van der Waals surface area (Å²) in [7, 11) is 3.09. The normalized spacial score (nSPS) is 22.2. The standard InChI is InChI=1S/C20H25F3N2O5/c1-28-15-4-3-13-14(18(15)29-2)9-16(30-17(13)10-24-11-26)12-5-7-25(8-6-12)19(27)20(21,22)23/h3-4,11-12,16-17H,5-10H2,1-2H3,(H,24,26)/t16-,17-/m0/s1. The predicted molar refractivity (Wildman–Crippen MR) is 100 cm³/mol. The highest BCUT2D eigenvalue weighted by molar-refractivity contribution is 5.81. The third-order valence-corrected chi connectivity index (χ3v) is 5.76. The van der Waals surface area contributed by atoms with Gasteiger partial charge in [0, 0.05) is 31.6 Å². The molecule has 7 nitrogen and oxygen atoms in total. The summed E-state index contributed by atoms with van der Waals surface area (Å²) in [5.41, 5.74) is 1.78. The Kier molecular flexibility index (Phi) is 6.74. The first kappa shape index (κ1) is 22.2. The quantitative estimate of drug-likeness (QED) is 0.701. The van der Waals surface area contributed by atoms with E-state index >= 15 is 0 Å². The lowest BCUT2D eigenvalue weighted by Crippen LogP contribution is -2.48. The maximum atomic E-state index is 12.7. The molecule has 0 radical (unpaired) electrons. The first-order valence-corrected chi connectivity index (χ1v) is 9.72. The predicted octanol–water partition coefficient (Wildman–Crippen LogP) is 2.23. The fraction of sp³-hybridized carbons (Fsp3) is 0.600. The summed E-state index contributed by atoms with van der Waals surface area (Å²) in [6, 6.07) is 3.64. The van der Waals surface area contributed by atoms with Crippen molar-refractivity contribution in [2.24, 2.45) is 5.92 Å². The Labute approximate surface area is 172 Å². The first-order valence-electron chi connectivity index (χ1n) is 9.72. The van der Waals surface area contributed by atoms with E-state index in [0.29, 0.717) is 37.2 Å². The molecule has 0 spiro atoms. The molecule has 0 aliphatic carbocycles. The molecule has 2 atom stereocenters. The summed E-state index contributed by atoms with van der Waals surface area (Å²) in [6.07, 6.45) is -3.65. The van der Waals surface area contributed by atoms with Gasteiger partial charge in [0.1, 0.15) is 6.10 Å². The SMILES string of the molecule is COc1ccc2c(c1OC)C[C@@H](C1CCN(C(=O)C(F)(F)F)CC1)O[C@H]2CNC=O. The molecule has 1 saturated heterocycles. The molecule has 0 bridgehead atoms. The van der Waals surface area contributed by atoms with E-state index in [9.17, 15) is 22.8 Å². The van der Waals surface area contributed by atoms with E-state index in [0.717, 1.165) is 16.0 Å². The van der Waals surface area contributed by atoms with E-state index < -0.39 is 18.2 Å². The van der Waals surface area contributed by atoms with Crippen LogP contribution >= 0.6 is 0 Å². The van der Waals surface area contributed by atoms with Crippen molar-refractivity contribution in [2.45, 2.75) is 37.6 Å². The van der Waals surface area contributed by atoms with Crippen molar-refractivity contribution in [3.8, 4) is 11.5 Å². The van der Waals surface area contributed by atoms with Gasteiger partial charge in [0.05, 0.1) is 20.3 Å². The molecule has 0 aromatic heterocycles. The van der Waals surface area contributed by atoms with Crippen LogP contribution in [0.4, 0.5) is 13.2 Å². The van der Waals surface area contributed by atoms with Crippen molar-refractivity contribution in [1.29, 1.82) is 0 Å². The largest absolute Gasteiger partial charge is 0.493 e. The number of rotatable bonds is 6. The van der Waals surface area contributed by atoms with Gasteiger partial charge in [-0.15, -0.1) is 0 Å². The van der Waals surface area contributed by atoms with Gasteiger partial charge in [-0.1, -0.05) is 6.07 Å². The van der Waals surface area contributed by atoms with Gasteiger partial charge in [-0.2, -0.15) is 13.2 Å². The Hall–Kier alpha value is -2.49. The fourth-order valence-corrected chi connectivity index (χ4v) is 4.30. The second kappa shape index (κ2) is 9.11. The van der Waals surface area contributed by atoms with Gasteiger partial charge in [0.2, 0.25) is 6.41 Å². The topological polar surface area (TPSA) is 77.1 Å². The van der Waals surface area contributed by atoms with Gasteiger partial charge in [-0.05, 0) is 30.4 Å². The summed E-state index contributed by atoms with van der Waals surface area (Å²) < 4.78 is 55.3. The van der Waals surface area contributed by atoms with Crippen molar-refractivity contribution in [1.82, 2.24) is 10.2 Å². The van der Waals surface area contributed by atoms with Crippen LogP contribution < -0.4 is 14.8 Å². The average molecular weight is 430 g/mol. The highest BCUT2D eigenvalue weighted by Crippen LogP contribution is 2.43. The van der Waals surface area contributed by atoms with Gasteiger partial charge in [-0.3, -0.25) is 9.59 Å². The highest BCUT2D eigenvalue weighted by atomic mass is 19.4. The number of likely N-dealkylation sites (tertiary alicyclic amines) is 1. The fourth-order valence-electron chi connectivity index (χ4n) is 4.30. The molecule has 0 unspecified atom stereocenters. The number of ether oxygens (including phenoxy) is 3. The van der Waals surface area contributed by atoms with Crippen LogP contribution in [-0.4, -0.2) is 63.4 Å². The smallest absolute Gasteiger partial charge is 0.471 e. The van der Waals surface area contributed by atoms with Crippen LogP contribution in [-0.2, 0) is 20.7 Å². The lowest BCUT2D eigenvalue weighted by atomic mass is 9.83. The molecule has 1 fully saturated rings. The molecule has 1 aromatic rings. The molecule has 2 aliphatic rings. The van der Waals surface area contributed by atoms with Crippen molar-refractivity contribution in [2.75, 3.05) is 33.9 Å². The number of hydrogen-bond donors (Lipinski definition) is 1. The third-order valence-electron chi connectivity index (χ3n) is 5.76. The van der Waals surface area contributed by atoms with Crippen molar-refractivity contribution < 1.29 is 37.0 Å². The van der Waals surface area contributed by atoms with Crippen LogP contribution in [0.3, 0.4) is 0 Å². The minimum atomic E-state index is -4.86. The van der Waals surface area contributed by atoms with E-state index in [1.54, 1.807) is 20.3 Å². The number of carbonyl (C=O) groups excluding carboxylic acids is 2. The summed E-state index contributed by atoms with van der Waals surface area (Å²) in [6.45, 7) is 0.318. The van der Waals surface area contributed by atoms with Crippen molar-refractivity contribution in [3.63, 3.8) is 0 Å². The van der Waals surface area contributed by atoms with E-state index in [1.807, 2.05) is 6.07 Å². The van der Waals surface area contributed by atoms with Crippen LogP contribution in [0.2, 0.25) is 0 Å². The minimum Gasteiger partial charge on any atom is -0.493 e. The number of hydrogen-bond acceptors (Lipinski definition) is 5. The molecule has 10 heteroatoms. The summed E-state index contributed by atoms with van der Waals surface area (Å²) in [5, 5.41) is 2.63. The highest BCUT2D eigenvalue weighted by Gasteiger charge is 2.44. The second-order valence-electron chi connectivity index (χ2n) is 7.39. The molecule has 2 aliphatic heterocycles. The number of halogens is 3. The first-order chi connectivity index (χ1) is 14.3. The van der Waals surface area contributed by atoms with E-state index in [4.69, 9.17) is 14.2 Å². The maximum Gasteiger partial charge on any atom is 0.471 e. The number of fused-ring (bicyclic) bond motifs is 1. The lowest BCUT2D eigenvalue weighted by Gasteiger charge is -2.41. The van der Waals surface area contributed by atoms with Crippen LogP contribution in [0.15, 0.2) is 12.1 Å². The van der Waals surface area contributed by atoms with Gasteiger partial charge < -0.3 is 24.4 Å². The van der Waals surface area contributed by atoms with E-state index in [2.05, 4.69) is 5.32 Å². The average Bonchev–Trinajstić information content (AvgIpc) is 2.75. The monoisotopic (exact) mass is 430 g/mol. The van der Waals surface area contributed by atoms with Gasteiger partial charge in [-0.25, -0.2) is 0 Å². The Balaban J connectivity index is 1.79. The molecule has 0 saturated carbocycles. The number of nitrogens with one attached hydrogen (secondary N) is 1. The van der Waals surface area contributed by atoms with Crippen LogP contribution in [0.25, 0.3) is 0 Å². The van der Waals surface area contributed by atoms with Gasteiger partial charge in [0.25, 0.3) is 0 Å². The summed E-state index contributed by atoms with van der Waals surface area (Å²) in [4.78, 5) is 23.1. The molecule has 1 N–H and O–H groups in total. The number of alkyl halides is 3. The number of methoxy groups -OCH3 is 2. The Bertz CT molecular complexity index is 778. The Morgan fingerprint density at radius 3 is 2.53 bits per heavy atom. The summed E-state index contributed by atoms with van der Waals surface area (Å²) in [5.74, 6) is -0.658. The van der Waals surface area contributed by atoms with E-state index in [1.165, 1.54) is 0 Å². The Morgan fingerprint density at radius 2 is 1.97 bits per heavy atom. The number of nitrogens with zero attached hydrogens (tertiary/aromatic N) is 1. The molecule has 2 heterocycles. The van der Waals surface area contributed by atoms with Crippen LogP contribution in [0, 0.1) is 5.92 Å². The molecule has 2 amide bonds. The van der Waals surface area contributed by atoms with Gasteiger partial charge >= 0.3 is 12.1 Å². The summed E-state index contributed by atoms with van der Waals surface area (Å²) >= 11 is 0. The number of carbonyl (C=O) groups is 2. The van der Waals surface area contributed by atoms with Crippen molar-refractivity contribution >= 4 is 12.3 Å². The van der Waals surface area contributed by atoms with Crippen LogP contribution in [0.5, 0.6) is 11.5 Å². The number of benzene rings is 1. The van der Waals surface area contributed by atoms with E-state index in [-0.39, 0.29) is 31.7 Å². The zero-order valence-electron chi connectivity index (χ0n) is 16.8. The molecule has 3 rings (SSSR count). The zero-order valence-corrected chi connectivity index (χ0v) is 16.8. The third kappa shape index (κ3) is 4.48. The van der Waals surface area contributed by atoms with Gasteiger partial charge in [0.15, 0.2) is 11.5 Å². The molecule has 166 valence electrons. The zero-order chi connectivity index (χ0) is 21.9. The molecule has 1 aromatic carbocycles. The minimum absolute atomic E-state index is 0.0231. The van der Waals surface area contributed by atoms with Crippen molar-refractivity contribution in [3.05, 3.63) is 23.3 Å². The second-order valence-corrected chi connectivity index (χ2v) is 7.39. The molecule has 30 heavy (non-hydrogen) atoms. The maximum absolute atomic E-state index is 12.7. The lowest BCUT2D eigenvalue weighted by molar-refractivity contribution is -0.187. The molecular formula is C20H25F3N2O5. The molecular weight excluding hydrogens is 405 g/mol. The number of piperidine rings is 1.